The Morgan fingerprint density at radius 3 is 2.16 bits per heavy atom. The lowest BCUT2D eigenvalue weighted by atomic mass is 9.94. The lowest BCUT2D eigenvalue weighted by molar-refractivity contribution is -0.137. The highest BCUT2D eigenvalue weighted by atomic mass is 35.5. The third-order valence-corrected chi connectivity index (χ3v) is 9.70. The van der Waals surface area contributed by atoms with Gasteiger partial charge in [0.15, 0.2) is 5.75 Å². The van der Waals surface area contributed by atoms with Crippen LogP contribution < -0.4 is 9.47 Å². The summed E-state index contributed by atoms with van der Waals surface area (Å²) in [5, 5.41) is 11.6. The molecule has 8 nitrogen and oxygen atoms in total. The van der Waals surface area contributed by atoms with E-state index in [2.05, 4.69) is 12.6 Å². The third-order valence-electron chi connectivity index (χ3n) is 8.77. The predicted molar refractivity (Wildman–Crippen MR) is 205 cm³/mol. The van der Waals surface area contributed by atoms with Crippen molar-refractivity contribution in [3.05, 3.63) is 105 Å². The lowest BCUT2D eigenvalue weighted by Gasteiger charge is -2.37. The Balaban J connectivity index is 1.46. The number of halogens is 3. The van der Waals surface area contributed by atoms with E-state index in [1.807, 2.05) is 62.1 Å². The van der Waals surface area contributed by atoms with Crippen molar-refractivity contribution in [3.8, 4) is 11.5 Å². The van der Waals surface area contributed by atoms with Crippen LogP contribution in [0.25, 0.3) is 0 Å². The van der Waals surface area contributed by atoms with Crippen molar-refractivity contribution in [2.45, 2.75) is 77.4 Å². The molecule has 51 heavy (non-hydrogen) atoms. The maximum absolute atomic E-state index is 14.5. The van der Waals surface area contributed by atoms with Crippen LogP contribution >= 0.6 is 34.8 Å². The van der Waals surface area contributed by atoms with Gasteiger partial charge in [0, 0.05) is 43.4 Å². The SMILES string of the molecule is C=CCc1cc(Cl)c(OCCOc2ccc(CC(CN(C(=O)O)C(C)(C)C)C(=O)N(Cc3cc(CCCOC)ccc3Cl)C3CC3)cc2)c(Cl)c1. The van der Waals surface area contributed by atoms with Crippen LogP contribution in [0.2, 0.25) is 15.1 Å². The van der Waals surface area contributed by atoms with Crippen LogP contribution in [0.5, 0.6) is 11.5 Å². The first-order valence-corrected chi connectivity index (χ1v) is 18.4. The third kappa shape index (κ3) is 12.1. The number of methoxy groups -OCH3 is 1. The zero-order valence-electron chi connectivity index (χ0n) is 29.9. The fourth-order valence-corrected chi connectivity index (χ4v) is 6.77. The normalized spacial score (nSPS) is 13.4. The number of hydrogen-bond acceptors (Lipinski definition) is 5. The van der Waals surface area contributed by atoms with E-state index in [9.17, 15) is 14.7 Å². The van der Waals surface area contributed by atoms with Crippen molar-refractivity contribution < 1.29 is 28.9 Å². The van der Waals surface area contributed by atoms with Gasteiger partial charge in [-0.1, -0.05) is 65.1 Å². The van der Waals surface area contributed by atoms with Crippen molar-refractivity contribution in [2.24, 2.45) is 5.92 Å². The number of allylic oxidation sites excluding steroid dienone is 1. The molecule has 0 spiro atoms. The first-order chi connectivity index (χ1) is 24.3. The van der Waals surface area contributed by atoms with Gasteiger partial charge in [0.1, 0.15) is 19.0 Å². The largest absolute Gasteiger partial charge is 0.490 e. The number of carbonyl (C=O) groups is 2. The van der Waals surface area contributed by atoms with Gasteiger partial charge < -0.3 is 29.1 Å². The smallest absolute Gasteiger partial charge is 0.407 e. The minimum Gasteiger partial charge on any atom is -0.490 e. The summed E-state index contributed by atoms with van der Waals surface area (Å²) in [4.78, 5) is 30.1. The molecule has 11 heteroatoms. The monoisotopic (exact) mass is 758 g/mol. The van der Waals surface area contributed by atoms with E-state index in [-0.39, 0.29) is 31.7 Å². The van der Waals surface area contributed by atoms with E-state index in [0.29, 0.717) is 52.6 Å². The fraction of sp³-hybridized carbons (Fsp3) is 0.450. The summed E-state index contributed by atoms with van der Waals surface area (Å²) in [6.45, 7) is 10.8. The summed E-state index contributed by atoms with van der Waals surface area (Å²) in [7, 11) is 1.69. The molecule has 3 aromatic rings. The van der Waals surface area contributed by atoms with E-state index in [4.69, 9.17) is 49.0 Å². The molecule has 1 saturated carbocycles. The Kier molecular flexibility index (Phi) is 14.9. The number of hydrogen-bond donors (Lipinski definition) is 1. The molecule has 276 valence electrons. The Morgan fingerprint density at radius 2 is 1.57 bits per heavy atom. The summed E-state index contributed by atoms with van der Waals surface area (Å²) in [5.74, 6) is 0.340. The fourth-order valence-electron chi connectivity index (χ4n) is 5.95. The molecule has 0 aliphatic heterocycles. The van der Waals surface area contributed by atoms with Crippen molar-refractivity contribution in [1.82, 2.24) is 9.80 Å². The minimum absolute atomic E-state index is 0.0565. The van der Waals surface area contributed by atoms with Gasteiger partial charge in [-0.2, -0.15) is 0 Å². The van der Waals surface area contributed by atoms with Gasteiger partial charge in [-0.15, -0.1) is 6.58 Å². The van der Waals surface area contributed by atoms with Crippen LogP contribution in [0.4, 0.5) is 4.79 Å². The molecule has 4 rings (SSSR count). The summed E-state index contributed by atoms with van der Waals surface area (Å²) < 4.78 is 16.9. The number of aryl methyl sites for hydroxylation is 1. The minimum atomic E-state index is -1.06. The Labute approximate surface area is 317 Å². The van der Waals surface area contributed by atoms with Crippen molar-refractivity contribution >= 4 is 46.8 Å². The summed E-state index contributed by atoms with van der Waals surface area (Å²) in [5.41, 5.74) is 3.16. The molecule has 3 aromatic carbocycles. The second-order valence-corrected chi connectivity index (χ2v) is 15.1. The van der Waals surface area contributed by atoms with Gasteiger partial charge in [0.05, 0.1) is 16.0 Å². The first-order valence-electron chi connectivity index (χ1n) is 17.3. The van der Waals surface area contributed by atoms with E-state index >= 15 is 0 Å². The maximum Gasteiger partial charge on any atom is 0.407 e. The van der Waals surface area contributed by atoms with Gasteiger partial charge >= 0.3 is 6.09 Å². The van der Waals surface area contributed by atoms with Gasteiger partial charge in [0.25, 0.3) is 0 Å². The highest BCUT2D eigenvalue weighted by Gasteiger charge is 2.39. The van der Waals surface area contributed by atoms with Crippen LogP contribution in [-0.2, 0) is 35.3 Å². The molecule has 0 bridgehead atoms. The quantitative estimate of drug-likeness (QED) is 0.0968. The highest BCUT2D eigenvalue weighted by molar-refractivity contribution is 6.37. The molecule has 2 amide bonds. The molecule has 0 aromatic heterocycles. The summed E-state index contributed by atoms with van der Waals surface area (Å²) in [6, 6.07) is 17.2. The molecule has 1 N–H and O–H groups in total. The molecule has 1 aliphatic rings. The van der Waals surface area contributed by atoms with Crippen molar-refractivity contribution in [3.63, 3.8) is 0 Å². The predicted octanol–water partition coefficient (Wildman–Crippen LogP) is 9.54. The van der Waals surface area contributed by atoms with Gasteiger partial charge in [0.2, 0.25) is 5.91 Å². The highest BCUT2D eigenvalue weighted by Crippen LogP contribution is 2.35. The van der Waals surface area contributed by atoms with E-state index < -0.39 is 17.6 Å². The molecule has 1 unspecified atom stereocenters. The Morgan fingerprint density at radius 1 is 0.922 bits per heavy atom. The van der Waals surface area contributed by atoms with Crippen LogP contribution in [0, 0.1) is 5.92 Å². The number of carbonyl (C=O) groups excluding carboxylic acids is 1. The molecule has 0 saturated heterocycles. The number of amides is 2. The second kappa shape index (κ2) is 18.9. The first kappa shape index (κ1) is 40.3. The van der Waals surface area contributed by atoms with Crippen LogP contribution in [0.15, 0.2) is 67.3 Å². The number of carboxylic acid groups (broad SMARTS) is 1. The second-order valence-electron chi connectivity index (χ2n) is 13.9. The molecule has 0 radical (unpaired) electrons. The zero-order chi connectivity index (χ0) is 37.1. The number of rotatable bonds is 19. The van der Waals surface area contributed by atoms with Crippen LogP contribution in [0.1, 0.15) is 62.3 Å². The van der Waals surface area contributed by atoms with Crippen molar-refractivity contribution in [2.75, 3.05) is 33.5 Å². The Bertz CT molecular complexity index is 1620. The number of nitrogens with zero attached hydrogens (tertiary/aromatic N) is 2. The molecular weight excluding hydrogens is 711 g/mol. The van der Waals surface area contributed by atoms with E-state index in [1.54, 1.807) is 25.3 Å². The van der Waals surface area contributed by atoms with Crippen molar-refractivity contribution in [1.29, 1.82) is 0 Å². The number of ether oxygens (including phenoxy) is 3. The van der Waals surface area contributed by atoms with Gasteiger partial charge in [-0.05, 0) is 112 Å². The summed E-state index contributed by atoms with van der Waals surface area (Å²) in [6.07, 6.45) is 5.26. The molecule has 1 fully saturated rings. The van der Waals surface area contributed by atoms with E-state index in [1.165, 1.54) is 4.90 Å². The van der Waals surface area contributed by atoms with Gasteiger partial charge in [-0.25, -0.2) is 4.79 Å². The Hall–Kier alpha value is -3.43. The standard InChI is InChI=1S/C40H49Cl3N2O6/c1-6-8-29-23-35(42)37(36(43)24-29)51-20-19-50-33-15-10-28(11-16-33)22-31(26-45(39(47)48)40(2,3)4)38(46)44(32-13-14-32)25-30-21-27(9-7-18-49-5)12-17-34(30)41/h6,10-12,15-17,21,23-24,31-32H,1,7-9,13-14,18-20,22,25-26H2,2-5H3,(H,47,48). The van der Waals surface area contributed by atoms with E-state index in [0.717, 1.165) is 47.9 Å². The average molecular weight is 760 g/mol. The maximum atomic E-state index is 14.5. The molecule has 1 atom stereocenters. The summed E-state index contributed by atoms with van der Waals surface area (Å²) >= 11 is 19.4. The molecule has 1 aliphatic carbocycles. The molecule has 0 heterocycles. The van der Waals surface area contributed by atoms with Crippen LogP contribution in [-0.4, -0.2) is 72.0 Å². The zero-order valence-corrected chi connectivity index (χ0v) is 32.2. The molecular formula is C40H49Cl3N2O6. The topological polar surface area (TPSA) is 88.5 Å². The lowest BCUT2D eigenvalue weighted by Crippen LogP contribution is -2.51. The van der Waals surface area contributed by atoms with Crippen LogP contribution in [0.3, 0.4) is 0 Å². The number of benzene rings is 3. The van der Waals surface area contributed by atoms with Gasteiger partial charge in [-0.3, -0.25) is 4.79 Å². The average Bonchev–Trinajstić information content (AvgIpc) is 3.91.